The minimum absolute atomic E-state index is 0.115. The zero-order valence-corrected chi connectivity index (χ0v) is 13.0. The van der Waals surface area contributed by atoms with Crippen LogP contribution < -0.4 is 10.5 Å². The molecule has 2 aromatic rings. The van der Waals surface area contributed by atoms with Gasteiger partial charge in [-0.2, -0.15) is 0 Å². The lowest BCUT2D eigenvalue weighted by atomic mass is 10.2. The van der Waals surface area contributed by atoms with E-state index in [0.717, 1.165) is 27.6 Å². The van der Waals surface area contributed by atoms with Gasteiger partial charge in [0.25, 0.3) is 0 Å². The van der Waals surface area contributed by atoms with Crippen molar-refractivity contribution >= 4 is 27.0 Å². The standard InChI is InChI=1S/C13H17N3O2S2/c1-3-13-16-8-10(19-13)7-15-12-6-11(20(14,17)18)5-4-9(12)2/h4-6,8,15H,3,7H2,1-2H3,(H2,14,17,18). The van der Waals surface area contributed by atoms with E-state index >= 15 is 0 Å². The average molecular weight is 311 g/mol. The maximum absolute atomic E-state index is 11.4. The molecule has 108 valence electrons. The third kappa shape index (κ3) is 3.56. The fourth-order valence-corrected chi connectivity index (χ4v) is 3.09. The van der Waals surface area contributed by atoms with Crippen molar-refractivity contribution in [3.05, 3.63) is 39.8 Å². The van der Waals surface area contributed by atoms with Crippen molar-refractivity contribution in [3.63, 3.8) is 0 Å². The predicted molar refractivity (Wildman–Crippen MR) is 81.4 cm³/mol. The molecule has 0 unspecified atom stereocenters. The minimum atomic E-state index is -3.67. The second-order valence-corrected chi connectivity index (χ2v) is 7.21. The fourth-order valence-electron chi connectivity index (χ4n) is 1.74. The van der Waals surface area contributed by atoms with Crippen molar-refractivity contribution in [2.75, 3.05) is 5.32 Å². The summed E-state index contributed by atoms with van der Waals surface area (Å²) in [6.07, 6.45) is 2.76. The molecule has 0 bridgehead atoms. The molecule has 0 aliphatic rings. The van der Waals surface area contributed by atoms with E-state index in [9.17, 15) is 8.42 Å². The first kappa shape index (κ1) is 15.0. The number of anilines is 1. The van der Waals surface area contributed by atoms with Gasteiger partial charge < -0.3 is 5.32 Å². The number of aromatic nitrogens is 1. The molecule has 0 saturated heterocycles. The summed E-state index contributed by atoms with van der Waals surface area (Å²) < 4.78 is 22.7. The van der Waals surface area contributed by atoms with Gasteiger partial charge in [-0.3, -0.25) is 0 Å². The number of aryl methyl sites for hydroxylation is 2. The highest BCUT2D eigenvalue weighted by Gasteiger charge is 2.10. The number of thiazole rings is 1. The van der Waals surface area contributed by atoms with E-state index in [1.54, 1.807) is 23.5 Å². The molecule has 0 saturated carbocycles. The second-order valence-electron chi connectivity index (χ2n) is 4.45. The van der Waals surface area contributed by atoms with E-state index in [1.807, 2.05) is 13.1 Å². The van der Waals surface area contributed by atoms with Crippen molar-refractivity contribution in [2.24, 2.45) is 5.14 Å². The smallest absolute Gasteiger partial charge is 0.238 e. The van der Waals surface area contributed by atoms with Gasteiger partial charge >= 0.3 is 0 Å². The Kier molecular flexibility index (Phi) is 4.42. The number of hydrogen-bond acceptors (Lipinski definition) is 5. The third-order valence-electron chi connectivity index (χ3n) is 2.89. The quantitative estimate of drug-likeness (QED) is 0.887. The normalized spacial score (nSPS) is 11.6. The highest BCUT2D eigenvalue weighted by molar-refractivity contribution is 7.89. The lowest BCUT2D eigenvalue weighted by molar-refractivity contribution is 0.598. The summed E-state index contributed by atoms with van der Waals surface area (Å²) in [5.74, 6) is 0. The molecule has 3 N–H and O–H groups in total. The van der Waals surface area contributed by atoms with Gasteiger partial charge in [0, 0.05) is 16.8 Å². The Morgan fingerprint density at radius 1 is 1.40 bits per heavy atom. The van der Waals surface area contributed by atoms with Crippen LogP contribution in [0.5, 0.6) is 0 Å². The molecule has 0 aliphatic carbocycles. The third-order valence-corrected chi connectivity index (χ3v) is 4.95. The van der Waals surface area contributed by atoms with Crippen LogP contribution >= 0.6 is 11.3 Å². The number of hydrogen-bond donors (Lipinski definition) is 2. The van der Waals surface area contributed by atoms with Crippen LogP contribution in [-0.2, 0) is 23.0 Å². The Morgan fingerprint density at radius 2 is 2.15 bits per heavy atom. The number of nitrogens with zero attached hydrogens (tertiary/aromatic N) is 1. The van der Waals surface area contributed by atoms with E-state index < -0.39 is 10.0 Å². The zero-order chi connectivity index (χ0) is 14.8. The Hall–Kier alpha value is -1.44. The Bertz CT molecular complexity index is 708. The molecule has 0 fully saturated rings. The van der Waals surface area contributed by atoms with Crippen LogP contribution in [0.15, 0.2) is 29.3 Å². The van der Waals surface area contributed by atoms with Crippen LogP contribution in [0.3, 0.4) is 0 Å². The maximum atomic E-state index is 11.4. The predicted octanol–water partition coefficient (Wildman–Crippen LogP) is 2.27. The lowest BCUT2D eigenvalue weighted by Crippen LogP contribution is -2.12. The number of nitrogens with one attached hydrogen (secondary N) is 1. The van der Waals surface area contributed by atoms with E-state index in [0.29, 0.717) is 6.54 Å². The van der Waals surface area contributed by atoms with Crippen LogP contribution in [0.2, 0.25) is 0 Å². The lowest BCUT2D eigenvalue weighted by Gasteiger charge is -2.10. The van der Waals surface area contributed by atoms with Crippen LogP contribution in [0.1, 0.15) is 22.4 Å². The molecule has 0 atom stereocenters. The molecule has 0 aliphatic heterocycles. The summed E-state index contributed by atoms with van der Waals surface area (Å²) in [6, 6.07) is 4.82. The Balaban J connectivity index is 2.16. The molecular weight excluding hydrogens is 294 g/mol. The highest BCUT2D eigenvalue weighted by Crippen LogP contribution is 2.21. The van der Waals surface area contributed by atoms with E-state index in [4.69, 9.17) is 5.14 Å². The fraction of sp³-hybridized carbons (Fsp3) is 0.308. The Morgan fingerprint density at radius 3 is 2.75 bits per heavy atom. The summed E-state index contributed by atoms with van der Waals surface area (Å²) >= 11 is 1.65. The van der Waals surface area contributed by atoms with Gasteiger partial charge in [0.05, 0.1) is 16.4 Å². The molecule has 0 amide bonds. The molecule has 0 radical (unpaired) electrons. The largest absolute Gasteiger partial charge is 0.380 e. The number of nitrogens with two attached hydrogens (primary N) is 1. The molecule has 20 heavy (non-hydrogen) atoms. The first-order chi connectivity index (χ1) is 9.40. The van der Waals surface area contributed by atoms with Crippen LogP contribution in [-0.4, -0.2) is 13.4 Å². The van der Waals surface area contributed by atoms with Crippen molar-refractivity contribution in [1.82, 2.24) is 4.98 Å². The Labute approximate surface area is 122 Å². The first-order valence-electron chi connectivity index (χ1n) is 6.21. The molecule has 1 heterocycles. The van der Waals surface area contributed by atoms with Gasteiger partial charge in [-0.1, -0.05) is 13.0 Å². The van der Waals surface area contributed by atoms with Gasteiger partial charge in [0.1, 0.15) is 0 Å². The summed E-state index contributed by atoms with van der Waals surface area (Å²) in [4.78, 5) is 5.52. The number of sulfonamides is 1. The molecule has 1 aromatic heterocycles. The summed E-state index contributed by atoms with van der Waals surface area (Å²) in [5, 5.41) is 9.46. The van der Waals surface area contributed by atoms with Crippen LogP contribution in [0.25, 0.3) is 0 Å². The molecule has 5 nitrogen and oxygen atoms in total. The van der Waals surface area contributed by atoms with Crippen molar-refractivity contribution in [3.8, 4) is 0 Å². The molecule has 1 aromatic carbocycles. The topological polar surface area (TPSA) is 85.1 Å². The first-order valence-corrected chi connectivity index (χ1v) is 8.57. The number of primary sulfonamides is 1. The van der Waals surface area contributed by atoms with Gasteiger partial charge in [-0.05, 0) is 31.0 Å². The zero-order valence-electron chi connectivity index (χ0n) is 11.4. The van der Waals surface area contributed by atoms with Crippen molar-refractivity contribution < 1.29 is 8.42 Å². The minimum Gasteiger partial charge on any atom is -0.380 e. The van der Waals surface area contributed by atoms with Gasteiger partial charge in [0.2, 0.25) is 10.0 Å². The van der Waals surface area contributed by atoms with Gasteiger partial charge in [0.15, 0.2) is 0 Å². The molecule has 0 spiro atoms. The maximum Gasteiger partial charge on any atom is 0.238 e. The van der Waals surface area contributed by atoms with Crippen LogP contribution in [0, 0.1) is 6.92 Å². The van der Waals surface area contributed by atoms with E-state index in [1.165, 1.54) is 6.07 Å². The molecular formula is C13H17N3O2S2. The van der Waals surface area contributed by atoms with Gasteiger partial charge in [-0.25, -0.2) is 18.5 Å². The van der Waals surface area contributed by atoms with Crippen LogP contribution in [0.4, 0.5) is 5.69 Å². The average Bonchev–Trinajstić information content (AvgIpc) is 2.84. The second kappa shape index (κ2) is 5.90. The van der Waals surface area contributed by atoms with Crippen molar-refractivity contribution in [1.29, 1.82) is 0 Å². The molecule has 7 heteroatoms. The summed E-state index contributed by atoms with van der Waals surface area (Å²) in [6.45, 7) is 4.60. The SMILES string of the molecule is CCc1ncc(CNc2cc(S(N)(=O)=O)ccc2C)s1. The summed E-state index contributed by atoms with van der Waals surface area (Å²) in [5.41, 5.74) is 1.74. The van der Waals surface area contributed by atoms with Crippen molar-refractivity contribution in [2.45, 2.75) is 31.7 Å². The van der Waals surface area contributed by atoms with E-state index in [2.05, 4.69) is 17.2 Å². The number of rotatable bonds is 5. The summed E-state index contributed by atoms with van der Waals surface area (Å²) in [7, 11) is -3.67. The monoisotopic (exact) mass is 311 g/mol. The number of benzene rings is 1. The highest BCUT2D eigenvalue weighted by atomic mass is 32.2. The van der Waals surface area contributed by atoms with Gasteiger partial charge in [-0.15, -0.1) is 11.3 Å². The molecule has 2 rings (SSSR count). The van der Waals surface area contributed by atoms with E-state index in [-0.39, 0.29) is 4.90 Å².